The maximum absolute atomic E-state index is 12.1. The summed E-state index contributed by atoms with van der Waals surface area (Å²) < 4.78 is 0. The molecular weight excluding hydrogens is 304 g/mol. The van der Waals surface area contributed by atoms with Gasteiger partial charge in [-0.3, -0.25) is 4.79 Å². The van der Waals surface area contributed by atoms with Gasteiger partial charge in [-0.05, 0) is 24.3 Å². The number of rotatable bonds is 8. The Kier molecular flexibility index (Phi) is 7.11. The Labute approximate surface area is 134 Å². The lowest BCUT2D eigenvalue weighted by Crippen LogP contribution is -2.53. The molecule has 0 spiro atoms. The zero-order valence-corrected chi connectivity index (χ0v) is 13.0. The van der Waals surface area contributed by atoms with E-state index in [2.05, 4.69) is 5.32 Å². The van der Waals surface area contributed by atoms with E-state index in [-0.39, 0.29) is 11.8 Å². The molecular formula is C15H22N2O6. The van der Waals surface area contributed by atoms with Crippen LogP contribution >= 0.6 is 0 Å². The molecule has 8 nitrogen and oxygen atoms in total. The highest BCUT2D eigenvalue weighted by atomic mass is 16.4. The van der Waals surface area contributed by atoms with Crippen LogP contribution in [0.15, 0.2) is 24.3 Å². The van der Waals surface area contributed by atoms with Crippen LogP contribution in [0.1, 0.15) is 10.4 Å². The van der Waals surface area contributed by atoms with Gasteiger partial charge in [-0.25, -0.2) is 0 Å². The summed E-state index contributed by atoms with van der Waals surface area (Å²) in [6, 6.07) is 5.11. The monoisotopic (exact) mass is 326 g/mol. The van der Waals surface area contributed by atoms with Crippen molar-refractivity contribution in [2.75, 3.05) is 25.6 Å². The van der Waals surface area contributed by atoms with Gasteiger partial charge in [-0.15, -0.1) is 0 Å². The molecule has 1 aromatic rings. The third kappa shape index (κ3) is 5.00. The largest absolute Gasteiger partial charge is 0.394 e. The lowest BCUT2D eigenvalue weighted by molar-refractivity contribution is -0.119. The zero-order valence-electron chi connectivity index (χ0n) is 13.0. The molecule has 128 valence electrons. The maximum atomic E-state index is 12.1. The highest BCUT2D eigenvalue weighted by molar-refractivity contribution is 5.96. The van der Waals surface area contributed by atoms with Gasteiger partial charge < -0.3 is 35.4 Å². The van der Waals surface area contributed by atoms with Crippen molar-refractivity contribution in [3.05, 3.63) is 29.8 Å². The number of hydrogen-bond acceptors (Lipinski definition) is 7. The first-order valence-electron chi connectivity index (χ1n) is 7.00. The topological polar surface area (TPSA) is 130 Å². The molecule has 0 bridgehead atoms. The minimum atomic E-state index is -1.77. The normalized spacial score (nSPS) is 16.1. The van der Waals surface area contributed by atoms with Crippen LogP contribution in [0.5, 0.6) is 0 Å². The first-order valence-corrected chi connectivity index (χ1v) is 7.00. The standard InChI is InChI=1S/C15H22N2O6/c1-17(2)10-5-3-9(4-6-10)15(23)16-11(7-18)13(21)14(22)12(20)8-19/h3-7,11-14,19-22H,8H2,1-2H3,(H,16,23)/t11-,12+,13+,14+/m0/s1. The Bertz CT molecular complexity index is 519. The van der Waals surface area contributed by atoms with Gasteiger partial charge in [0.1, 0.15) is 30.6 Å². The Morgan fingerprint density at radius 2 is 1.74 bits per heavy atom. The third-order valence-electron chi connectivity index (χ3n) is 3.39. The maximum Gasteiger partial charge on any atom is 0.251 e. The molecule has 8 heteroatoms. The molecule has 1 rings (SSSR count). The van der Waals surface area contributed by atoms with Crippen LogP contribution in [0.2, 0.25) is 0 Å². The van der Waals surface area contributed by atoms with Gasteiger partial charge in [0.05, 0.1) is 6.61 Å². The van der Waals surface area contributed by atoms with Crippen molar-refractivity contribution >= 4 is 17.9 Å². The number of carbonyl (C=O) groups is 2. The molecule has 0 aliphatic rings. The van der Waals surface area contributed by atoms with E-state index in [0.717, 1.165) is 5.69 Å². The van der Waals surface area contributed by atoms with E-state index >= 15 is 0 Å². The number of nitrogens with zero attached hydrogens (tertiary/aromatic N) is 1. The number of benzene rings is 1. The van der Waals surface area contributed by atoms with E-state index < -0.39 is 36.9 Å². The molecule has 0 fully saturated rings. The summed E-state index contributed by atoms with van der Waals surface area (Å²) in [4.78, 5) is 25.0. The van der Waals surface area contributed by atoms with Crippen LogP contribution in [0.3, 0.4) is 0 Å². The van der Waals surface area contributed by atoms with Crippen molar-refractivity contribution in [1.29, 1.82) is 0 Å². The highest BCUT2D eigenvalue weighted by Crippen LogP contribution is 2.12. The molecule has 1 aromatic carbocycles. The molecule has 0 saturated heterocycles. The van der Waals surface area contributed by atoms with Crippen LogP contribution in [0.25, 0.3) is 0 Å². The molecule has 0 saturated carbocycles. The summed E-state index contributed by atoms with van der Waals surface area (Å²) in [7, 11) is 3.70. The predicted molar refractivity (Wildman–Crippen MR) is 83.2 cm³/mol. The lowest BCUT2D eigenvalue weighted by atomic mass is 10.0. The summed E-state index contributed by atoms with van der Waals surface area (Å²) in [6.07, 6.45) is -4.89. The molecule has 0 radical (unpaired) electrons. The fraction of sp³-hybridized carbons (Fsp3) is 0.467. The fourth-order valence-corrected chi connectivity index (χ4v) is 1.89. The second kappa shape index (κ2) is 8.59. The van der Waals surface area contributed by atoms with Gasteiger partial charge >= 0.3 is 0 Å². The fourth-order valence-electron chi connectivity index (χ4n) is 1.89. The molecule has 23 heavy (non-hydrogen) atoms. The number of aliphatic hydroxyl groups is 4. The first kappa shape index (κ1) is 19.0. The average molecular weight is 326 g/mol. The number of nitrogens with one attached hydrogen (secondary N) is 1. The third-order valence-corrected chi connectivity index (χ3v) is 3.39. The van der Waals surface area contributed by atoms with E-state index in [4.69, 9.17) is 5.11 Å². The van der Waals surface area contributed by atoms with Crippen molar-refractivity contribution in [3.63, 3.8) is 0 Å². The van der Waals surface area contributed by atoms with Gasteiger partial charge in [-0.1, -0.05) is 0 Å². The quantitative estimate of drug-likeness (QED) is 0.354. The predicted octanol–water partition coefficient (Wildman–Crippen LogP) is -1.88. The van der Waals surface area contributed by atoms with Crippen molar-refractivity contribution < 1.29 is 30.0 Å². The zero-order chi connectivity index (χ0) is 17.6. The van der Waals surface area contributed by atoms with E-state index in [1.54, 1.807) is 24.3 Å². The van der Waals surface area contributed by atoms with Crippen molar-refractivity contribution in [3.8, 4) is 0 Å². The van der Waals surface area contributed by atoms with Crippen LogP contribution in [0.4, 0.5) is 5.69 Å². The summed E-state index contributed by atoms with van der Waals surface area (Å²) >= 11 is 0. The number of amides is 1. The van der Waals surface area contributed by atoms with Crippen LogP contribution in [-0.4, -0.2) is 77.7 Å². The number of aliphatic hydroxyl groups excluding tert-OH is 4. The number of aldehydes is 1. The molecule has 0 aromatic heterocycles. The molecule has 5 N–H and O–H groups in total. The summed E-state index contributed by atoms with van der Waals surface area (Å²) in [5.74, 6) is -0.614. The van der Waals surface area contributed by atoms with Gasteiger partial charge in [0, 0.05) is 25.3 Å². The van der Waals surface area contributed by atoms with Gasteiger partial charge in [0.2, 0.25) is 0 Å². The van der Waals surface area contributed by atoms with Crippen molar-refractivity contribution in [2.24, 2.45) is 0 Å². The second-order valence-corrected chi connectivity index (χ2v) is 5.31. The highest BCUT2D eigenvalue weighted by Gasteiger charge is 2.32. The van der Waals surface area contributed by atoms with E-state index in [1.807, 2.05) is 19.0 Å². The van der Waals surface area contributed by atoms with Crippen molar-refractivity contribution in [1.82, 2.24) is 5.32 Å². The van der Waals surface area contributed by atoms with E-state index in [9.17, 15) is 24.9 Å². The van der Waals surface area contributed by atoms with Gasteiger partial charge in [-0.2, -0.15) is 0 Å². The SMILES string of the molecule is CN(C)c1ccc(C(=O)N[C@@H](C=O)[C@@H](O)[C@H](O)[C@H](O)CO)cc1. The number of carbonyl (C=O) groups excluding carboxylic acids is 2. The number of anilines is 1. The smallest absolute Gasteiger partial charge is 0.251 e. The molecule has 0 heterocycles. The van der Waals surface area contributed by atoms with Crippen LogP contribution in [-0.2, 0) is 4.79 Å². The molecule has 1 amide bonds. The Balaban J connectivity index is 2.78. The molecule has 0 aliphatic carbocycles. The molecule has 0 aliphatic heterocycles. The summed E-state index contributed by atoms with van der Waals surface area (Å²) in [5, 5.41) is 39.7. The van der Waals surface area contributed by atoms with E-state index in [1.165, 1.54) is 0 Å². The Morgan fingerprint density at radius 1 is 1.17 bits per heavy atom. The Hall–Kier alpha value is -2.00. The Morgan fingerprint density at radius 3 is 2.17 bits per heavy atom. The molecule has 0 unspecified atom stereocenters. The minimum absolute atomic E-state index is 0.254. The van der Waals surface area contributed by atoms with Crippen molar-refractivity contribution in [2.45, 2.75) is 24.4 Å². The van der Waals surface area contributed by atoms with E-state index in [0.29, 0.717) is 0 Å². The lowest BCUT2D eigenvalue weighted by Gasteiger charge is -2.26. The average Bonchev–Trinajstić information content (AvgIpc) is 2.57. The first-order chi connectivity index (χ1) is 10.8. The van der Waals surface area contributed by atoms with Crippen LogP contribution in [0, 0.1) is 0 Å². The second-order valence-electron chi connectivity index (χ2n) is 5.31. The molecule has 4 atom stereocenters. The van der Waals surface area contributed by atoms with Gasteiger partial charge in [0.25, 0.3) is 5.91 Å². The minimum Gasteiger partial charge on any atom is -0.394 e. The number of hydrogen-bond donors (Lipinski definition) is 5. The van der Waals surface area contributed by atoms with Gasteiger partial charge in [0.15, 0.2) is 0 Å². The summed E-state index contributed by atoms with van der Waals surface area (Å²) in [6.45, 7) is -0.788. The summed E-state index contributed by atoms with van der Waals surface area (Å²) in [5.41, 5.74) is 1.15. The van der Waals surface area contributed by atoms with Crippen LogP contribution < -0.4 is 10.2 Å².